The van der Waals surface area contributed by atoms with Gasteiger partial charge in [0.25, 0.3) is 0 Å². The highest BCUT2D eigenvalue weighted by molar-refractivity contribution is 6.74. The lowest BCUT2D eigenvalue weighted by molar-refractivity contribution is 0.190. The minimum atomic E-state index is -1.79. The van der Waals surface area contributed by atoms with Crippen molar-refractivity contribution in [1.82, 2.24) is 0 Å². The van der Waals surface area contributed by atoms with Crippen molar-refractivity contribution in [2.45, 2.75) is 57.8 Å². The van der Waals surface area contributed by atoms with E-state index < -0.39 is 8.32 Å². The predicted octanol–water partition coefficient (Wildman–Crippen LogP) is 3.31. The van der Waals surface area contributed by atoms with Crippen molar-refractivity contribution in [2.24, 2.45) is 0 Å². The summed E-state index contributed by atoms with van der Waals surface area (Å²) < 4.78 is 6.06. The molecule has 0 saturated heterocycles. The van der Waals surface area contributed by atoms with E-state index in [2.05, 4.69) is 45.9 Å². The quantitative estimate of drug-likeness (QED) is 0.541. The molecule has 15 heavy (non-hydrogen) atoms. The zero-order valence-corrected chi connectivity index (χ0v) is 11.4. The lowest BCUT2D eigenvalue weighted by Crippen LogP contribution is -2.43. The van der Waals surface area contributed by atoms with Crippen LogP contribution >= 0.6 is 0 Å². The number of hydrogen-bond donors (Lipinski definition) is 0. The molecule has 0 aromatic heterocycles. The minimum Gasteiger partial charge on any atom is -0.412 e. The fraction of sp³-hybridized carbons (Fsp3) is 0.750. The largest absolute Gasteiger partial charge is 0.412 e. The zero-order chi connectivity index (χ0) is 12.1. The van der Waals surface area contributed by atoms with Crippen molar-refractivity contribution in [3.63, 3.8) is 0 Å². The Morgan fingerprint density at radius 1 is 1.33 bits per heavy atom. The van der Waals surface area contributed by atoms with E-state index in [0.717, 1.165) is 0 Å². The van der Waals surface area contributed by atoms with E-state index in [1.807, 2.05) is 0 Å². The number of hydrogen-bond acceptors (Lipinski definition) is 2. The van der Waals surface area contributed by atoms with Crippen LogP contribution in [0.3, 0.4) is 0 Å². The van der Waals surface area contributed by atoms with E-state index in [-0.39, 0.29) is 11.1 Å². The van der Waals surface area contributed by atoms with Crippen LogP contribution in [0.25, 0.3) is 0 Å². The van der Waals surface area contributed by atoms with E-state index >= 15 is 0 Å². The molecule has 0 aliphatic carbocycles. The average Bonchev–Trinajstić information content (AvgIpc) is 2.02. The molecule has 0 unspecified atom stereocenters. The maximum atomic E-state index is 8.68. The molecule has 0 aromatic carbocycles. The van der Waals surface area contributed by atoms with Gasteiger partial charge in [-0.25, -0.2) is 0 Å². The van der Waals surface area contributed by atoms with Crippen LogP contribution in [0, 0.1) is 23.7 Å². The van der Waals surface area contributed by atoms with Gasteiger partial charge in [0.15, 0.2) is 8.32 Å². The summed E-state index contributed by atoms with van der Waals surface area (Å²) in [6, 6.07) is 2.13. The highest BCUT2D eigenvalue weighted by Gasteiger charge is 2.38. The van der Waals surface area contributed by atoms with Crippen LogP contribution in [0.2, 0.25) is 18.1 Å². The molecule has 0 rings (SSSR count). The topological polar surface area (TPSA) is 33.0 Å². The molecule has 0 fully saturated rings. The van der Waals surface area contributed by atoms with Gasteiger partial charge in [-0.1, -0.05) is 20.8 Å². The third-order valence-electron chi connectivity index (χ3n) is 2.93. The Morgan fingerprint density at radius 3 is 2.20 bits per heavy atom. The van der Waals surface area contributed by atoms with Crippen molar-refractivity contribution in [1.29, 1.82) is 5.26 Å². The minimum absolute atomic E-state index is 0.0964. The highest BCUT2D eigenvalue weighted by atomic mass is 28.4. The fourth-order valence-electron chi connectivity index (χ4n) is 0.982. The van der Waals surface area contributed by atoms with Gasteiger partial charge >= 0.3 is 0 Å². The molecule has 0 aromatic rings. The van der Waals surface area contributed by atoms with E-state index in [1.54, 1.807) is 0 Å². The Hall–Kier alpha value is -0.773. The molecule has 1 atom stereocenters. The van der Waals surface area contributed by atoms with Crippen LogP contribution in [0.5, 0.6) is 0 Å². The van der Waals surface area contributed by atoms with Gasteiger partial charge in [0.05, 0.1) is 18.6 Å². The molecule has 0 amide bonds. The summed E-state index contributed by atoms with van der Waals surface area (Å²) in [6.45, 7) is 10.9. The summed E-state index contributed by atoms with van der Waals surface area (Å²) in [5.74, 6) is 2.57. The predicted molar refractivity (Wildman–Crippen MR) is 65.8 cm³/mol. The fourth-order valence-corrected chi connectivity index (χ4v) is 2.34. The van der Waals surface area contributed by atoms with Gasteiger partial charge in [0.2, 0.25) is 0 Å². The van der Waals surface area contributed by atoms with Crippen LogP contribution in [0.4, 0.5) is 0 Å². The van der Waals surface area contributed by atoms with Gasteiger partial charge in [-0.2, -0.15) is 5.26 Å². The van der Waals surface area contributed by atoms with E-state index in [1.165, 1.54) is 0 Å². The van der Waals surface area contributed by atoms with Crippen LogP contribution in [-0.4, -0.2) is 14.4 Å². The lowest BCUT2D eigenvalue weighted by Gasteiger charge is -2.38. The summed E-state index contributed by atoms with van der Waals surface area (Å²) in [5, 5.41) is 8.84. The first-order chi connectivity index (χ1) is 6.74. The monoisotopic (exact) mass is 223 g/mol. The summed E-state index contributed by atoms with van der Waals surface area (Å²) in [5.41, 5.74) is 0. The summed E-state index contributed by atoms with van der Waals surface area (Å²) >= 11 is 0. The highest BCUT2D eigenvalue weighted by Crippen LogP contribution is 2.37. The van der Waals surface area contributed by atoms with Crippen molar-refractivity contribution in [3.8, 4) is 18.4 Å². The Kier molecular flexibility index (Phi) is 5.07. The van der Waals surface area contributed by atoms with Gasteiger partial charge in [-0.3, -0.25) is 0 Å². The second kappa shape index (κ2) is 5.35. The van der Waals surface area contributed by atoms with E-state index in [9.17, 15) is 0 Å². The Bertz CT molecular complexity index is 261. The second-order valence-electron chi connectivity index (χ2n) is 5.27. The van der Waals surface area contributed by atoms with Gasteiger partial charge in [-0.05, 0) is 18.1 Å². The number of nitriles is 1. The second-order valence-corrected chi connectivity index (χ2v) is 10.0. The maximum absolute atomic E-state index is 8.68. The molecule has 2 nitrogen and oxygen atoms in total. The number of rotatable bonds is 4. The normalized spacial score (nSPS) is 14.1. The third-order valence-corrected chi connectivity index (χ3v) is 7.47. The zero-order valence-electron chi connectivity index (χ0n) is 10.4. The summed E-state index contributed by atoms with van der Waals surface area (Å²) in [4.78, 5) is 0. The number of nitrogens with zero attached hydrogens (tertiary/aromatic N) is 1. The standard InChI is InChI=1S/C12H21NOSi/c1-7-8-11(9-10-13)14-15(5,6)12(2,3)4/h1,11H,8-9H2,2-6H3/t11-/m1/s1. The lowest BCUT2D eigenvalue weighted by atomic mass is 10.2. The van der Waals surface area contributed by atoms with Gasteiger partial charge in [0.1, 0.15) is 0 Å². The first-order valence-electron chi connectivity index (χ1n) is 5.23. The molecule has 0 spiro atoms. The smallest absolute Gasteiger partial charge is 0.192 e. The molecule has 0 saturated carbocycles. The Balaban J connectivity index is 4.54. The molecular weight excluding hydrogens is 202 g/mol. The van der Waals surface area contributed by atoms with E-state index in [4.69, 9.17) is 16.1 Å². The molecule has 0 heterocycles. The summed E-state index contributed by atoms with van der Waals surface area (Å²) in [7, 11) is -1.79. The van der Waals surface area contributed by atoms with Crippen LogP contribution in [0.1, 0.15) is 33.6 Å². The Morgan fingerprint density at radius 2 is 1.87 bits per heavy atom. The molecule has 0 N–H and O–H groups in total. The molecule has 0 aliphatic heterocycles. The van der Waals surface area contributed by atoms with Gasteiger partial charge in [0, 0.05) is 6.42 Å². The third kappa shape index (κ3) is 4.51. The van der Waals surface area contributed by atoms with Gasteiger partial charge < -0.3 is 4.43 Å². The molecule has 84 valence electrons. The average molecular weight is 223 g/mol. The Labute approximate surface area is 94.8 Å². The van der Waals surface area contributed by atoms with Crippen molar-refractivity contribution in [3.05, 3.63) is 0 Å². The van der Waals surface area contributed by atoms with Crippen LogP contribution in [0.15, 0.2) is 0 Å². The van der Waals surface area contributed by atoms with Crippen molar-refractivity contribution in [2.75, 3.05) is 0 Å². The maximum Gasteiger partial charge on any atom is 0.192 e. The van der Waals surface area contributed by atoms with Gasteiger partial charge in [-0.15, -0.1) is 12.3 Å². The molecular formula is C12H21NOSi. The molecule has 0 bridgehead atoms. The molecule has 0 radical (unpaired) electrons. The number of terminal acetylenes is 1. The SMILES string of the molecule is C#CC[C@H](CC#N)O[Si](C)(C)C(C)(C)C. The van der Waals surface area contributed by atoms with Crippen molar-refractivity contribution < 1.29 is 4.43 Å². The first kappa shape index (κ1) is 14.2. The van der Waals surface area contributed by atoms with Crippen molar-refractivity contribution >= 4 is 8.32 Å². The van der Waals surface area contributed by atoms with E-state index in [0.29, 0.717) is 12.8 Å². The summed E-state index contributed by atoms with van der Waals surface area (Å²) in [6.07, 6.45) is 6.08. The van der Waals surface area contributed by atoms with Crippen LogP contribution in [-0.2, 0) is 4.43 Å². The van der Waals surface area contributed by atoms with Crippen LogP contribution < -0.4 is 0 Å². The first-order valence-corrected chi connectivity index (χ1v) is 8.13. The molecule has 0 aliphatic rings. The molecule has 3 heteroatoms.